The summed E-state index contributed by atoms with van der Waals surface area (Å²) in [4.78, 5) is 58.2. The zero-order valence-corrected chi connectivity index (χ0v) is 23.2. The monoisotopic (exact) mass is 642 g/mol. The Morgan fingerprint density at radius 2 is 1.40 bits per heavy atom. The maximum Gasteiger partial charge on any atom is 0.472 e. The van der Waals surface area contributed by atoms with Gasteiger partial charge in [-0.1, -0.05) is 5.92 Å². The molecule has 19 nitrogen and oxygen atoms in total. The van der Waals surface area contributed by atoms with Crippen LogP contribution in [-0.2, 0) is 46.1 Å². The lowest BCUT2D eigenvalue weighted by Crippen LogP contribution is -2.65. The van der Waals surface area contributed by atoms with Crippen molar-refractivity contribution in [3.05, 3.63) is 0 Å². The number of ether oxygens (including phenoxy) is 2. The number of aliphatic hydroxyl groups excluding tert-OH is 4. The van der Waals surface area contributed by atoms with E-state index in [1.165, 1.54) is 6.92 Å². The third-order valence-electron chi connectivity index (χ3n) is 4.75. The number of carbonyl (C=O) groups excluding carboxylic acids is 1. The van der Waals surface area contributed by atoms with Gasteiger partial charge in [0.2, 0.25) is 0 Å². The molecule has 0 spiro atoms. The van der Waals surface area contributed by atoms with Crippen LogP contribution >= 0.6 is 23.5 Å². The normalized spacial score (nSPS) is 27.4. The zero-order valence-electron chi connectivity index (χ0n) is 20.5. The van der Waals surface area contributed by atoms with E-state index in [1.807, 2.05) is 5.92 Å². The highest BCUT2D eigenvalue weighted by Gasteiger charge is 2.56. The molecule has 0 heterocycles. The summed E-state index contributed by atoms with van der Waals surface area (Å²) >= 11 is 0. The number of aliphatic hydroxyl groups is 4. The highest BCUT2D eigenvalue weighted by atomic mass is 31.2. The molecule has 0 aromatic heterocycles. The number of carbonyl (C=O) groups is 1. The van der Waals surface area contributed by atoms with E-state index in [9.17, 15) is 38.7 Å². The summed E-state index contributed by atoms with van der Waals surface area (Å²) in [6, 6.07) is 0. The molecule has 1 saturated carbocycles. The Morgan fingerprint density at radius 1 is 0.850 bits per heavy atom. The SMILES string of the molecule is CC#CC#CC(=O)O[C@H](CCCOCO)COP(=O)(O)OC1C(O)[C@H](OP(=O)(O)O)[C@@H](OP(=O)(O)O)C(O)[C@@H]1O. The van der Waals surface area contributed by atoms with Crippen LogP contribution in [0.15, 0.2) is 0 Å². The van der Waals surface area contributed by atoms with Gasteiger partial charge in [-0.2, -0.15) is 0 Å². The van der Waals surface area contributed by atoms with Crippen LogP contribution in [0.3, 0.4) is 0 Å². The molecule has 1 aliphatic rings. The molecule has 0 aliphatic heterocycles. The Bertz CT molecular complexity index is 1100. The predicted octanol–water partition coefficient (Wildman–Crippen LogP) is -2.77. The standard InChI is InChI=1S/C18H29O19P3/c1-2-3-4-7-12(20)34-11(6-5-8-32-10-19)9-33-40(30,31)37-16-13(21)14(22)17(35-38(24,25)26)18(15(16)23)36-39(27,28)29/h11,13-19,21-23H,5-6,8-10H2,1H3,(H,30,31)(H2,24,25,26)(H2,27,28,29)/t11-,13+,14?,15?,16?,17+,18+/m1/s1. The van der Waals surface area contributed by atoms with Gasteiger partial charge in [-0.05, 0) is 31.6 Å². The summed E-state index contributed by atoms with van der Waals surface area (Å²) < 4.78 is 62.7. The van der Waals surface area contributed by atoms with Crippen LogP contribution in [0.1, 0.15) is 19.8 Å². The van der Waals surface area contributed by atoms with E-state index >= 15 is 0 Å². The van der Waals surface area contributed by atoms with Crippen molar-refractivity contribution in [2.45, 2.75) is 62.5 Å². The lowest BCUT2D eigenvalue weighted by molar-refractivity contribution is -0.213. The molecular formula is C18H29O19P3. The van der Waals surface area contributed by atoms with E-state index in [2.05, 4.69) is 31.3 Å². The zero-order chi connectivity index (χ0) is 30.7. The first-order valence-corrected chi connectivity index (χ1v) is 15.5. The van der Waals surface area contributed by atoms with Gasteiger partial charge in [-0.3, -0.25) is 18.1 Å². The third kappa shape index (κ3) is 13.6. The molecule has 1 aliphatic carbocycles. The van der Waals surface area contributed by atoms with Crippen molar-refractivity contribution in [3.8, 4) is 23.7 Å². The minimum Gasteiger partial charge on any atom is -0.450 e. The summed E-state index contributed by atoms with van der Waals surface area (Å²) in [6.45, 7) is -0.0107. The molecule has 0 saturated heterocycles. The van der Waals surface area contributed by atoms with Gasteiger partial charge in [0.15, 0.2) is 0 Å². The van der Waals surface area contributed by atoms with E-state index in [0.717, 1.165) is 0 Å². The van der Waals surface area contributed by atoms with Crippen LogP contribution < -0.4 is 0 Å². The van der Waals surface area contributed by atoms with Crippen molar-refractivity contribution < 1.29 is 91.0 Å². The van der Waals surface area contributed by atoms with Crippen molar-refractivity contribution in [2.75, 3.05) is 20.0 Å². The average molecular weight is 642 g/mol. The minimum atomic E-state index is -5.56. The number of hydrogen-bond donors (Lipinski definition) is 9. The first kappa shape index (κ1) is 36.7. The molecule has 1 rings (SSSR count). The molecule has 8 atom stereocenters. The molecule has 1 fully saturated rings. The molecule has 9 N–H and O–H groups in total. The second-order valence-corrected chi connectivity index (χ2v) is 11.5. The molecule has 0 aromatic carbocycles. The fourth-order valence-corrected chi connectivity index (χ4v) is 5.29. The molecule has 0 radical (unpaired) electrons. The summed E-state index contributed by atoms with van der Waals surface area (Å²) in [7, 11) is -16.4. The van der Waals surface area contributed by atoms with Gasteiger partial charge in [0.05, 0.1) is 6.61 Å². The fourth-order valence-electron chi connectivity index (χ4n) is 3.19. The summed E-state index contributed by atoms with van der Waals surface area (Å²) in [5.41, 5.74) is 0. The van der Waals surface area contributed by atoms with Gasteiger partial charge in [-0.25, -0.2) is 18.5 Å². The molecule has 0 bridgehead atoms. The Balaban J connectivity index is 3.07. The molecule has 0 amide bonds. The summed E-state index contributed by atoms with van der Waals surface area (Å²) in [5.74, 6) is 7.80. The summed E-state index contributed by atoms with van der Waals surface area (Å²) in [5, 5.41) is 39.7. The van der Waals surface area contributed by atoms with Crippen LogP contribution in [0.25, 0.3) is 0 Å². The van der Waals surface area contributed by atoms with E-state index in [-0.39, 0.29) is 19.4 Å². The Kier molecular flexibility index (Phi) is 15.0. The highest BCUT2D eigenvalue weighted by molar-refractivity contribution is 7.47. The first-order valence-electron chi connectivity index (χ1n) is 10.9. The largest absolute Gasteiger partial charge is 0.472 e. The maximum absolute atomic E-state index is 12.6. The fraction of sp³-hybridized carbons (Fsp3) is 0.722. The summed E-state index contributed by atoms with van der Waals surface area (Å²) in [6.07, 6.45) is -16.0. The molecule has 4 unspecified atom stereocenters. The van der Waals surface area contributed by atoms with Gasteiger partial charge < -0.3 is 54.4 Å². The lowest BCUT2D eigenvalue weighted by Gasteiger charge is -2.44. The molecule has 230 valence electrons. The smallest absolute Gasteiger partial charge is 0.450 e. The molecule has 0 aromatic rings. The van der Waals surface area contributed by atoms with Crippen molar-refractivity contribution in [1.82, 2.24) is 0 Å². The lowest BCUT2D eigenvalue weighted by atomic mass is 9.85. The second-order valence-electron chi connectivity index (χ2n) is 7.76. The average Bonchev–Trinajstić information content (AvgIpc) is 2.82. The van der Waals surface area contributed by atoms with Crippen LogP contribution in [0.5, 0.6) is 0 Å². The quantitative estimate of drug-likeness (QED) is 0.0218. The van der Waals surface area contributed by atoms with Crippen LogP contribution in [0, 0.1) is 23.7 Å². The minimum absolute atomic E-state index is 0.0119. The number of esters is 1. The van der Waals surface area contributed by atoms with E-state index in [0.29, 0.717) is 0 Å². The Labute approximate surface area is 227 Å². The molecule has 40 heavy (non-hydrogen) atoms. The molecular weight excluding hydrogens is 613 g/mol. The van der Waals surface area contributed by atoms with Crippen molar-refractivity contribution in [1.29, 1.82) is 0 Å². The number of hydrogen-bond acceptors (Lipinski definition) is 14. The second kappa shape index (κ2) is 16.4. The van der Waals surface area contributed by atoms with E-state index in [4.69, 9.17) is 38.7 Å². The number of rotatable bonds is 15. The van der Waals surface area contributed by atoms with Crippen molar-refractivity contribution in [3.63, 3.8) is 0 Å². The number of phosphoric acid groups is 3. The maximum atomic E-state index is 12.6. The van der Waals surface area contributed by atoms with E-state index < -0.39 is 85.6 Å². The predicted molar refractivity (Wildman–Crippen MR) is 126 cm³/mol. The Morgan fingerprint density at radius 3 is 1.93 bits per heavy atom. The Hall–Kier alpha value is -1.28. The van der Waals surface area contributed by atoms with Gasteiger partial charge in [0, 0.05) is 12.5 Å². The van der Waals surface area contributed by atoms with Crippen LogP contribution in [-0.4, -0.2) is 114 Å². The van der Waals surface area contributed by atoms with Crippen molar-refractivity contribution >= 4 is 29.4 Å². The van der Waals surface area contributed by atoms with Gasteiger partial charge in [0.1, 0.15) is 49.5 Å². The topological polar surface area (TPSA) is 306 Å². The van der Waals surface area contributed by atoms with Gasteiger partial charge in [-0.15, -0.1) is 0 Å². The first-order chi connectivity index (χ1) is 18.4. The van der Waals surface area contributed by atoms with Gasteiger partial charge in [0.25, 0.3) is 0 Å². The number of phosphoric ester groups is 3. The van der Waals surface area contributed by atoms with Gasteiger partial charge >= 0.3 is 29.4 Å². The highest BCUT2D eigenvalue weighted by Crippen LogP contribution is 2.51. The van der Waals surface area contributed by atoms with Crippen LogP contribution in [0.4, 0.5) is 0 Å². The van der Waals surface area contributed by atoms with Crippen LogP contribution in [0.2, 0.25) is 0 Å². The molecule has 22 heteroatoms. The van der Waals surface area contributed by atoms with Crippen molar-refractivity contribution in [2.24, 2.45) is 0 Å². The third-order valence-corrected chi connectivity index (χ3v) is 6.77. The van der Waals surface area contributed by atoms with E-state index in [1.54, 1.807) is 0 Å².